The SMILES string of the molecule is Cc1ccc2c(c1)C(NC(=O)COc1cccc(C)c1C)CCO2. The predicted octanol–water partition coefficient (Wildman–Crippen LogP) is 3.63. The lowest BCUT2D eigenvalue weighted by Gasteiger charge is -2.27. The third kappa shape index (κ3) is 3.53. The molecule has 24 heavy (non-hydrogen) atoms. The Balaban J connectivity index is 1.64. The van der Waals surface area contributed by atoms with E-state index >= 15 is 0 Å². The number of rotatable bonds is 4. The van der Waals surface area contributed by atoms with Crippen molar-refractivity contribution in [3.8, 4) is 11.5 Å². The van der Waals surface area contributed by atoms with Crippen LogP contribution < -0.4 is 14.8 Å². The summed E-state index contributed by atoms with van der Waals surface area (Å²) in [7, 11) is 0. The van der Waals surface area contributed by atoms with Crippen LogP contribution in [0.15, 0.2) is 36.4 Å². The van der Waals surface area contributed by atoms with Crippen molar-refractivity contribution in [2.75, 3.05) is 13.2 Å². The molecule has 0 fully saturated rings. The van der Waals surface area contributed by atoms with Crippen molar-refractivity contribution >= 4 is 5.91 Å². The molecule has 1 aliphatic rings. The number of ether oxygens (including phenoxy) is 2. The minimum absolute atomic E-state index is 0.0167. The van der Waals surface area contributed by atoms with Crippen LogP contribution in [0.25, 0.3) is 0 Å². The van der Waals surface area contributed by atoms with Gasteiger partial charge in [-0.25, -0.2) is 0 Å². The van der Waals surface area contributed by atoms with Crippen molar-refractivity contribution in [2.45, 2.75) is 33.2 Å². The Morgan fingerprint density at radius 3 is 2.92 bits per heavy atom. The second-order valence-electron chi connectivity index (χ2n) is 6.29. The van der Waals surface area contributed by atoms with E-state index in [1.165, 1.54) is 0 Å². The fourth-order valence-electron chi connectivity index (χ4n) is 2.92. The van der Waals surface area contributed by atoms with Crippen molar-refractivity contribution in [3.63, 3.8) is 0 Å². The highest BCUT2D eigenvalue weighted by molar-refractivity contribution is 5.78. The van der Waals surface area contributed by atoms with Gasteiger partial charge in [0.2, 0.25) is 0 Å². The van der Waals surface area contributed by atoms with Crippen LogP contribution in [0.3, 0.4) is 0 Å². The number of aryl methyl sites for hydroxylation is 2. The Kier molecular flexibility index (Phi) is 4.74. The van der Waals surface area contributed by atoms with Crippen LogP contribution in [0.2, 0.25) is 0 Å². The molecule has 1 aliphatic heterocycles. The maximum atomic E-state index is 12.3. The molecule has 0 saturated heterocycles. The van der Waals surface area contributed by atoms with Crippen LogP contribution in [0.1, 0.15) is 34.7 Å². The molecule has 0 aliphatic carbocycles. The zero-order valence-electron chi connectivity index (χ0n) is 14.4. The maximum Gasteiger partial charge on any atom is 0.258 e. The van der Waals surface area contributed by atoms with Crippen LogP contribution in [0, 0.1) is 20.8 Å². The summed E-state index contributed by atoms with van der Waals surface area (Å²) in [6, 6.07) is 11.9. The lowest BCUT2D eigenvalue weighted by Crippen LogP contribution is -2.35. The first-order chi connectivity index (χ1) is 11.5. The second-order valence-corrected chi connectivity index (χ2v) is 6.29. The fourth-order valence-corrected chi connectivity index (χ4v) is 2.92. The van der Waals surface area contributed by atoms with E-state index in [4.69, 9.17) is 9.47 Å². The Labute approximate surface area is 142 Å². The van der Waals surface area contributed by atoms with Crippen LogP contribution in [0.5, 0.6) is 11.5 Å². The van der Waals surface area contributed by atoms with Crippen LogP contribution >= 0.6 is 0 Å². The molecule has 3 rings (SSSR count). The summed E-state index contributed by atoms with van der Waals surface area (Å²) in [5.41, 5.74) is 4.42. The van der Waals surface area contributed by atoms with Crippen molar-refractivity contribution in [1.29, 1.82) is 0 Å². The molecular weight excluding hydrogens is 302 g/mol. The van der Waals surface area contributed by atoms with Gasteiger partial charge < -0.3 is 14.8 Å². The highest BCUT2D eigenvalue weighted by atomic mass is 16.5. The first kappa shape index (κ1) is 16.4. The Bertz CT molecular complexity index is 755. The molecule has 0 aromatic heterocycles. The molecule has 4 nitrogen and oxygen atoms in total. The zero-order valence-corrected chi connectivity index (χ0v) is 14.4. The molecule has 0 saturated carbocycles. The molecular formula is C20H23NO3. The van der Waals surface area contributed by atoms with E-state index in [2.05, 4.69) is 11.4 Å². The van der Waals surface area contributed by atoms with E-state index in [-0.39, 0.29) is 18.6 Å². The summed E-state index contributed by atoms with van der Waals surface area (Å²) in [5.74, 6) is 1.50. The van der Waals surface area contributed by atoms with Gasteiger partial charge in [0.25, 0.3) is 5.91 Å². The molecule has 0 radical (unpaired) electrons. The minimum Gasteiger partial charge on any atom is -0.493 e. The third-order valence-corrected chi connectivity index (χ3v) is 4.45. The molecule has 1 N–H and O–H groups in total. The van der Waals surface area contributed by atoms with Gasteiger partial charge in [0.05, 0.1) is 12.6 Å². The fraction of sp³-hybridized carbons (Fsp3) is 0.350. The van der Waals surface area contributed by atoms with Gasteiger partial charge in [-0.15, -0.1) is 0 Å². The first-order valence-corrected chi connectivity index (χ1v) is 8.26. The second kappa shape index (κ2) is 6.95. The molecule has 1 atom stereocenters. The largest absolute Gasteiger partial charge is 0.493 e. The predicted molar refractivity (Wildman–Crippen MR) is 93.6 cm³/mol. The number of nitrogens with one attached hydrogen (secondary N) is 1. The van der Waals surface area contributed by atoms with E-state index in [0.717, 1.165) is 40.2 Å². The molecule has 4 heteroatoms. The summed E-state index contributed by atoms with van der Waals surface area (Å²) >= 11 is 0. The summed E-state index contributed by atoms with van der Waals surface area (Å²) < 4.78 is 11.4. The van der Waals surface area contributed by atoms with Gasteiger partial charge in [-0.1, -0.05) is 29.8 Å². The number of carbonyl (C=O) groups excluding carboxylic acids is 1. The average molecular weight is 325 g/mol. The standard InChI is InChI=1S/C20H23NO3/c1-13-7-8-19-16(11-13)17(9-10-23-19)21-20(22)12-24-18-6-4-5-14(2)15(18)3/h4-8,11,17H,9-10,12H2,1-3H3,(H,21,22). The Morgan fingerprint density at radius 2 is 2.08 bits per heavy atom. The van der Waals surface area contributed by atoms with E-state index in [1.54, 1.807) is 0 Å². The molecule has 2 aromatic carbocycles. The molecule has 1 amide bonds. The first-order valence-electron chi connectivity index (χ1n) is 8.26. The van der Waals surface area contributed by atoms with Crippen molar-refractivity contribution in [2.24, 2.45) is 0 Å². The molecule has 126 valence electrons. The number of hydrogen-bond acceptors (Lipinski definition) is 3. The number of carbonyl (C=O) groups is 1. The van der Waals surface area contributed by atoms with E-state index in [0.29, 0.717) is 6.61 Å². The van der Waals surface area contributed by atoms with Crippen LogP contribution in [-0.4, -0.2) is 19.1 Å². The summed E-state index contributed by atoms with van der Waals surface area (Å²) in [6.45, 7) is 6.70. The molecule has 0 bridgehead atoms. The average Bonchev–Trinajstić information content (AvgIpc) is 2.57. The number of benzene rings is 2. The smallest absolute Gasteiger partial charge is 0.258 e. The number of hydrogen-bond donors (Lipinski definition) is 1. The molecule has 2 aromatic rings. The maximum absolute atomic E-state index is 12.3. The van der Waals surface area contributed by atoms with Crippen molar-refractivity contribution in [3.05, 3.63) is 58.7 Å². The Hall–Kier alpha value is -2.49. The molecule has 0 spiro atoms. The minimum atomic E-state index is -0.115. The highest BCUT2D eigenvalue weighted by Crippen LogP contribution is 2.32. The van der Waals surface area contributed by atoms with E-state index < -0.39 is 0 Å². The topological polar surface area (TPSA) is 47.6 Å². The molecule has 1 heterocycles. The number of amides is 1. The Morgan fingerprint density at radius 1 is 1.25 bits per heavy atom. The van der Waals surface area contributed by atoms with Crippen molar-refractivity contribution in [1.82, 2.24) is 5.32 Å². The van der Waals surface area contributed by atoms with Crippen LogP contribution in [0.4, 0.5) is 0 Å². The van der Waals surface area contributed by atoms with Gasteiger partial charge in [-0.2, -0.15) is 0 Å². The van der Waals surface area contributed by atoms with E-state index in [1.807, 2.05) is 51.1 Å². The summed E-state index contributed by atoms with van der Waals surface area (Å²) in [4.78, 5) is 12.3. The zero-order chi connectivity index (χ0) is 17.1. The highest BCUT2D eigenvalue weighted by Gasteiger charge is 2.23. The van der Waals surface area contributed by atoms with Gasteiger partial charge in [0.1, 0.15) is 11.5 Å². The molecule has 1 unspecified atom stereocenters. The monoisotopic (exact) mass is 325 g/mol. The lowest BCUT2D eigenvalue weighted by molar-refractivity contribution is -0.124. The van der Waals surface area contributed by atoms with Gasteiger partial charge in [0, 0.05) is 12.0 Å². The quantitative estimate of drug-likeness (QED) is 0.934. The van der Waals surface area contributed by atoms with Gasteiger partial charge >= 0.3 is 0 Å². The third-order valence-electron chi connectivity index (χ3n) is 4.45. The van der Waals surface area contributed by atoms with Gasteiger partial charge in [0.15, 0.2) is 6.61 Å². The van der Waals surface area contributed by atoms with E-state index in [9.17, 15) is 4.79 Å². The summed E-state index contributed by atoms with van der Waals surface area (Å²) in [5, 5.41) is 3.06. The normalized spacial score (nSPS) is 16.0. The number of fused-ring (bicyclic) bond motifs is 1. The van der Waals surface area contributed by atoms with Gasteiger partial charge in [-0.05, 0) is 44.0 Å². The van der Waals surface area contributed by atoms with Gasteiger partial charge in [-0.3, -0.25) is 4.79 Å². The van der Waals surface area contributed by atoms with Crippen molar-refractivity contribution < 1.29 is 14.3 Å². The lowest BCUT2D eigenvalue weighted by atomic mass is 9.98. The van der Waals surface area contributed by atoms with Crippen LogP contribution in [-0.2, 0) is 4.79 Å². The summed E-state index contributed by atoms with van der Waals surface area (Å²) in [6.07, 6.45) is 0.770.